The van der Waals surface area contributed by atoms with Crippen LogP contribution in [-0.4, -0.2) is 40.4 Å². The van der Waals surface area contributed by atoms with Crippen molar-refractivity contribution in [1.29, 1.82) is 0 Å². The molecule has 0 heterocycles. The van der Waals surface area contributed by atoms with Crippen LogP contribution < -0.4 is 0 Å². The van der Waals surface area contributed by atoms with Crippen LogP contribution in [0.5, 0.6) is 0 Å². The summed E-state index contributed by atoms with van der Waals surface area (Å²) in [5.41, 5.74) is -0.0259. The zero-order valence-electron chi connectivity index (χ0n) is 9.64. The van der Waals surface area contributed by atoms with Crippen molar-refractivity contribution in [2.45, 2.75) is 11.1 Å². The Bertz CT molecular complexity index is 473. The summed E-state index contributed by atoms with van der Waals surface area (Å²) in [6.07, 6.45) is -4.41. The van der Waals surface area contributed by atoms with Crippen LogP contribution in [-0.2, 0) is 15.5 Å². The number of hydrogen-bond donors (Lipinski definition) is 1. The number of carboxylic acids is 1. The minimum Gasteiger partial charge on any atom is -0.478 e. The Morgan fingerprint density at radius 1 is 1.37 bits per heavy atom. The molecular formula is C11H11F3O4S. The van der Waals surface area contributed by atoms with Gasteiger partial charge in [-0.1, -0.05) is 6.07 Å². The van der Waals surface area contributed by atoms with E-state index in [1.807, 2.05) is 0 Å². The van der Waals surface area contributed by atoms with E-state index in [2.05, 4.69) is 4.74 Å². The molecule has 0 saturated carbocycles. The zero-order chi connectivity index (χ0) is 14.5. The van der Waals surface area contributed by atoms with Crippen LogP contribution in [0.15, 0.2) is 29.2 Å². The van der Waals surface area contributed by atoms with E-state index in [0.29, 0.717) is 0 Å². The van der Waals surface area contributed by atoms with Gasteiger partial charge < -0.3 is 9.84 Å². The van der Waals surface area contributed by atoms with Gasteiger partial charge in [0.05, 0.1) is 28.7 Å². The summed E-state index contributed by atoms with van der Waals surface area (Å²) in [6, 6.07) is 5.44. The van der Waals surface area contributed by atoms with Gasteiger partial charge >= 0.3 is 12.1 Å². The van der Waals surface area contributed by atoms with Crippen molar-refractivity contribution in [1.82, 2.24) is 0 Å². The number of benzene rings is 1. The molecule has 0 fully saturated rings. The molecule has 1 N–H and O–H groups in total. The highest BCUT2D eigenvalue weighted by Gasteiger charge is 2.27. The fraction of sp³-hybridized carbons (Fsp3) is 0.364. The molecular weight excluding hydrogens is 285 g/mol. The van der Waals surface area contributed by atoms with Gasteiger partial charge in [0, 0.05) is 4.90 Å². The van der Waals surface area contributed by atoms with E-state index in [-0.39, 0.29) is 22.8 Å². The van der Waals surface area contributed by atoms with Crippen LogP contribution in [0.25, 0.3) is 0 Å². The van der Waals surface area contributed by atoms with Gasteiger partial charge in [0.25, 0.3) is 0 Å². The van der Waals surface area contributed by atoms with Crippen molar-refractivity contribution in [3.05, 3.63) is 29.8 Å². The minimum atomic E-state index is -4.41. The molecule has 0 bridgehead atoms. The maximum absolute atomic E-state index is 11.8. The first-order chi connectivity index (χ1) is 8.79. The summed E-state index contributed by atoms with van der Waals surface area (Å²) in [6.45, 7) is -1.71. The molecule has 8 heteroatoms. The largest absolute Gasteiger partial charge is 0.478 e. The van der Waals surface area contributed by atoms with Gasteiger partial charge in [-0.25, -0.2) is 4.79 Å². The Balaban J connectivity index is 2.50. The van der Waals surface area contributed by atoms with Crippen LogP contribution in [0.3, 0.4) is 0 Å². The third-order valence-electron chi connectivity index (χ3n) is 2.02. The molecule has 0 aliphatic heterocycles. The summed E-state index contributed by atoms with van der Waals surface area (Å²) in [4.78, 5) is 10.9. The van der Waals surface area contributed by atoms with Crippen molar-refractivity contribution in [2.75, 3.05) is 19.0 Å². The molecule has 0 aliphatic carbocycles. The van der Waals surface area contributed by atoms with E-state index in [9.17, 15) is 22.2 Å². The highest BCUT2D eigenvalue weighted by Crippen LogP contribution is 2.15. The fourth-order valence-electron chi connectivity index (χ4n) is 1.21. The van der Waals surface area contributed by atoms with Gasteiger partial charge in [-0.05, 0) is 18.2 Å². The molecule has 1 atom stereocenters. The summed E-state index contributed by atoms with van der Waals surface area (Å²) >= 11 is 0. The molecule has 0 amide bonds. The first-order valence-corrected chi connectivity index (χ1v) is 6.48. The van der Waals surface area contributed by atoms with Gasteiger partial charge in [-0.15, -0.1) is 0 Å². The van der Waals surface area contributed by atoms with Crippen molar-refractivity contribution < 1.29 is 32.0 Å². The highest BCUT2D eigenvalue weighted by atomic mass is 32.2. The Labute approximate surface area is 109 Å². The average Bonchev–Trinajstić information content (AvgIpc) is 2.33. The topological polar surface area (TPSA) is 63.6 Å². The van der Waals surface area contributed by atoms with Crippen molar-refractivity contribution in [3.63, 3.8) is 0 Å². The lowest BCUT2D eigenvalue weighted by Crippen LogP contribution is -2.19. The molecule has 0 spiro atoms. The maximum Gasteiger partial charge on any atom is 0.411 e. The predicted octanol–water partition coefficient (Wildman–Crippen LogP) is 2.07. The van der Waals surface area contributed by atoms with Gasteiger partial charge in [0.2, 0.25) is 0 Å². The van der Waals surface area contributed by atoms with Gasteiger partial charge in [0.15, 0.2) is 0 Å². The van der Waals surface area contributed by atoms with E-state index in [1.165, 1.54) is 24.3 Å². The number of ether oxygens (including phenoxy) is 1. The van der Waals surface area contributed by atoms with Gasteiger partial charge in [-0.2, -0.15) is 13.2 Å². The standard InChI is InChI=1S/C11H11F3O4S/c12-11(13,14)7-18-4-5-19(17)9-3-1-2-8(6-9)10(15)16/h1-3,6H,4-5,7H2,(H,15,16). The number of halogens is 3. The lowest BCUT2D eigenvalue weighted by atomic mass is 10.2. The number of rotatable bonds is 6. The quantitative estimate of drug-likeness (QED) is 0.816. The monoisotopic (exact) mass is 296 g/mol. The maximum atomic E-state index is 11.8. The minimum absolute atomic E-state index is 0.0259. The number of carbonyl (C=O) groups is 1. The Hall–Kier alpha value is -1.41. The average molecular weight is 296 g/mol. The SMILES string of the molecule is O=C(O)c1cccc(S(=O)CCOCC(F)(F)F)c1. The lowest BCUT2D eigenvalue weighted by Gasteiger charge is -2.07. The first kappa shape index (κ1) is 15.6. The van der Waals surface area contributed by atoms with E-state index in [1.54, 1.807) is 0 Å². The number of aromatic carboxylic acids is 1. The zero-order valence-corrected chi connectivity index (χ0v) is 10.5. The smallest absolute Gasteiger partial charge is 0.411 e. The summed E-state index contributed by atoms with van der Waals surface area (Å²) < 4.78 is 51.4. The molecule has 0 aliphatic rings. The van der Waals surface area contributed by atoms with Crippen LogP contribution in [0, 0.1) is 0 Å². The van der Waals surface area contributed by atoms with Crippen LogP contribution in [0.4, 0.5) is 13.2 Å². The number of alkyl halides is 3. The fourth-order valence-corrected chi connectivity index (χ4v) is 2.20. The molecule has 0 aromatic heterocycles. The van der Waals surface area contributed by atoms with Gasteiger partial charge in [0.1, 0.15) is 6.61 Å². The molecule has 0 saturated heterocycles. The number of hydrogen-bond acceptors (Lipinski definition) is 3. The van der Waals surface area contributed by atoms with Crippen LogP contribution >= 0.6 is 0 Å². The van der Waals surface area contributed by atoms with Crippen molar-refractivity contribution in [2.24, 2.45) is 0 Å². The first-order valence-electron chi connectivity index (χ1n) is 5.16. The van der Waals surface area contributed by atoms with E-state index in [0.717, 1.165) is 0 Å². The molecule has 1 aromatic rings. The lowest BCUT2D eigenvalue weighted by molar-refractivity contribution is -0.172. The third-order valence-corrected chi connectivity index (χ3v) is 3.34. The third kappa shape index (κ3) is 5.84. The Kier molecular flexibility index (Phi) is 5.49. The molecule has 1 aromatic carbocycles. The van der Waals surface area contributed by atoms with Crippen molar-refractivity contribution >= 4 is 16.8 Å². The molecule has 4 nitrogen and oxygen atoms in total. The summed E-state index contributed by atoms with van der Waals surface area (Å²) in [5.74, 6) is -1.29. The van der Waals surface area contributed by atoms with E-state index < -0.39 is 29.6 Å². The Morgan fingerprint density at radius 2 is 2.05 bits per heavy atom. The molecule has 1 unspecified atom stereocenters. The van der Waals surface area contributed by atoms with E-state index >= 15 is 0 Å². The van der Waals surface area contributed by atoms with E-state index in [4.69, 9.17) is 5.11 Å². The van der Waals surface area contributed by atoms with Gasteiger partial charge in [-0.3, -0.25) is 4.21 Å². The normalized spacial score (nSPS) is 13.2. The second-order valence-electron chi connectivity index (χ2n) is 3.55. The van der Waals surface area contributed by atoms with Crippen molar-refractivity contribution in [3.8, 4) is 0 Å². The highest BCUT2D eigenvalue weighted by molar-refractivity contribution is 7.85. The van der Waals surface area contributed by atoms with Crippen LogP contribution in [0.2, 0.25) is 0 Å². The molecule has 19 heavy (non-hydrogen) atoms. The molecule has 0 radical (unpaired) electrons. The second-order valence-corrected chi connectivity index (χ2v) is 5.12. The summed E-state index contributed by atoms with van der Waals surface area (Å²) in [5, 5.41) is 8.75. The molecule has 106 valence electrons. The molecule has 1 rings (SSSR count). The second kappa shape index (κ2) is 6.67. The Morgan fingerprint density at radius 3 is 2.63 bits per heavy atom. The summed E-state index contributed by atoms with van der Waals surface area (Å²) in [7, 11) is -1.59. The predicted molar refractivity (Wildman–Crippen MR) is 61.6 cm³/mol. The number of carboxylic acid groups (broad SMARTS) is 1. The van der Waals surface area contributed by atoms with Crippen LogP contribution in [0.1, 0.15) is 10.4 Å².